The number of nitrogens with one attached hydrogen (secondary N) is 2. The van der Waals surface area contributed by atoms with E-state index < -0.39 is 0 Å². The molecule has 0 spiro atoms. The van der Waals surface area contributed by atoms with Crippen molar-refractivity contribution >= 4 is 28.4 Å². The van der Waals surface area contributed by atoms with E-state index in [1.807, 2.05) is 18.3 Å². The zero-order valence-electron chi connectivity index (χ0n) is 19.5. The van der Waals surface area contributed by atoms with Crippen LogP contribution in [0, 0.1) is 29.6 Å². The molecule has 2 fully saturated rings. The standard InChI is InChI=1S/C26H28N6O2/c1-16-11-21(16)26(33)30-23-13-22-19(15-29-25(27-2)24(22)32-31-23)4-6-20-5-3-18(14-28-20)12-17-7-9-34-10-8-17/h3,5,13-17,21H,7-12H2,1-2H3,(H,27,29)(H,30,31,33)/t16-,21+/m1/s1. The first-order chi connectivity index (χ1) is 16.6. The third-order valence-corrected chi connectivity index (χ3v) is 6.58. The highest BCUT2D eigenvalue weighted by Gasteiger charge is 2.39. The summed E-state index contributed by atoms with van der Waals surface area (Å²) >= 11 is 0. The van der Waals surface area contributed by atoms with Crippen molar-refractivity contribution in [3.8, 4) is 11.8 Å². The minimum absolute atomic E-state index is 0.0123. The van der Waals surface area contributed by atoms with E-state index in [9.17, 15) is 4.79 Å². The lowest BCUT2D eigenvalue weighted by Crippen LogP contribution is -2.17. The summed E-state index contributed by atoms with van der Waals surface area (Å²) in [6.45, 7) is 3.78. The lowest BCUT2D eigenvalue weighted by atomic mass is 9.93. The Bertz CT molecular complexity index is 1260. The van der Waals surface area contributed by atoms with Gasteiger partial charge in [-0.3, -0.25) is 4.79 Å². The summed E-state index contributed by atoms with van der Waals surface area (Å²) in [5, 5.41) is 15.2. The van der Waals surface area contributed by atoms with Crippen molar-refractivity contribution < 1.29 is 9.53 Å². The van der Waals surface area contributed by atoms with Crippen molar-refractivity contribution in [2.24, 2.45) is 17.8 Å². The summed E-state index contributed by atoms with van der Waals surface area (Å²) in [4.78, 5) is 21.3. The van der Waals surface area contributed by atoms with E-state index in [-0.39, 0.29) is 11.8 Å². The Morgan fingerprint density at radius 2 is 1.97 bits per heavy atom. The van der Waals surface area contributed by atoms with Gasteiger partial charge < -0.3 is 15.4 Å². The first kappa shape index (κ1) is 22.2. The van der Waals surface area contributed by atoms with Crippen molar-refractivity contribution in [2.75, 3.05) is 30.9 Å². The molecule has 0 unspecified atom stereocenters. The molecule has 1 saturated carbocycles. The number of nitrogens with zero attached hydrogens (tertiary/aromatic N) is 4. The predicted molar refractivity (Wildman–Crippen MR) is 130 cm³/mol. The highest BCUT2D eigenvalue weighted by molar-refractivity contribution is 5.97. The van der Waals surface area contributed by atoms with Gasteiger partial charge in [0.2, 0.25) is 5.91 Å². The normalized spacial score (nSPS) is 19.8. The van der Waals surface area contributed by atoms with E-state index in [0.29, 0.717) is 40.2 Å². The Kier molecular flexibility index (Phi) is 6.37. The summed E-state index contributed by atoms with van der Waals surface area (Å²) in [5.41, 5.74) is 3.22. The van der Waals surface area contributed by atoms with Gasteiger partial charge in [-0.1, -0.05) is 18.9 Å². The van der Waals surface area contributed by atoms with E-state index in [2.05, 4.69) is 55.6 Å². The molecule has 2 N–H and O–H groups in total. The van der Waals surface area contributed by atoms with Gasteiger partial charge in [-0.25, -0.2) is 9.97 Å². The third kappa shape index (κ3) is 5.00. The summed E-state index contributed by atoms with van der Waals surface area (Å²) in [6, 6.07) is 5.87. The summed E-state index contributed by atoms with van der Waals surface area (Å²) in [5.74, 6) is 8.48. The van der Waals surface area contributed by atoms with Crippen LogP contribution < -0.4 is 10.6 Å². The number of rotatable bonds is 5. The monoisotopic (exact) mass is 456 g/mol. The maximum absolute atomic E-state index is 12.3. The highest BCUT2D eigenvalue weighted by Crippen LogP contribution is 2.38. The highest BCUT2D eigenvalue weighted by atomic mass is 16.5. The van der Waals surface area contributed by atoms with Crippen LogP contribution in [0.1, 0.15) is 43.0 Å². The second-order valence-corrected chi connectivity index (χ2v) is 9.13. The van der Waals surface area contributed by atoms with Crippen molar-refractivity contribution in [1.29, 1.82) is 0 Å². The van der Waals surface area contributed by atoms with Crippen LogP contribution >= 0.6 is 0 Å². The number of hydrogen-bond donors (Lipinski definition) is 2. The third-order valence-electron chi connectivity index (χ3n) is 6.58. The number of anilines is 2. The Morgan fingerprint density at radius 1 is 1.15 bits per heavy atom. The Morgan fingerprint density at radius 3 is 2.68 bits per heavy atom. The number of carbonyl (C=O) groups excluding carboxylic acids is 1. The molecule has 1 aliphatic heterocycles. The molecule has 8 heteroatoms. The van der Waals surface area contributed by atoms with Crippen molar-refractivity contribution in [3.05, 3.63) is 47.4 Å². The molecule has 2 atom stereocenters. The molecule has 4 heterocycles. The molecule has 2 aliphatic rings. The van der Waals surface area contributed by atoms with E-state index >= 15 is 0 Å². The van der Waals surface area contributed by atoms with E-state index in [1.165, 1.54) is 5.56 Å². The first-order valence-corrected chi connectivity index (χ1v) is 11.8. The van der Waals surface area contributed by atoms with Crippen molar-refractivity contribution in [2.45, 2.75) is 32.6 Å². The summed E-state index contributed by atoms with van der Waals surface area (Å²) in [6.07, 6.45) is 7.77. The SMILES string of the molecule is CNc1ncc(C#Cc2ccc(CC3CCOCC3)cn2)c2cc(NC(=O)[C@H]3C[C@H]3C)nnc12. The van der Waals surface area contributed by atoms with E-state index in [1.54, 1.807) is 13.2 Å². The molecule has 1 amide bonds. The van der Waals surface area contributed by atoms with Crippen LogP contribution in [0.25, 0.3) is 10.9 Å². The molecule has 1 aliphatic carbocycles. The fraction of sp³-hybridized carbons (Fsp3) is 0.423. The molecule has 8 nitrogen and oxygen atoms in total. The Labute approximate surface area is 198 Å². The summed E-state index contributed by atoms with van der Waals surface area (Å²) in [7, 11) is 1.78. The van der Waals surface area contributed by atoms with Gasteiger partial charge in [0.05, 0.1) is 5.56 Å². The van der Waals surface area contributed by atoms with Crippen LogP contribution in [-0.4, -0.2) is 46.3 Å². The second-order valence-electron chi connectivity index (χ2n) is 9.13. The average molecular weight is 457 g/mol. The van der Waals surface area contributed by atoms with Crippen LogP contribution in [0.3, 0.4) is 0 Å². The van der Waals surface area contributed by atoms with Gasteiger partial charge in [0.15, 0.2) is 11.6 Å². The average Bonchev–Trinajstić information content (AvgIpc) is 3.60. The fourth-order valence-corrected chi connectivity index (χ4v) is 4.32. The molecule has 3 aromatic heterocycles. The molecule has 34 heavy (non-hydrogen) atoms. The zero-order valence-corrected chi connectivity index (χ0v) is 19.5. The van der Waals surface area contributed by atoms with E-state index in [0.717, 1.165) is 44.3 Å². The molecule has 174 valence electrons. The van der Waals surface area contributed by atoms with E-state index in [4.69, 9.17) is 4.74 Å². The minimum atomic E-state index is -0.0123. The number of amides is 1. The smallest absolute Gasteiger partial charge is 0.228 e. The molecule has 1 saturated heterocycles. The number of aromatic nitrogens is 4. The number of pyridine rings is 2. The predicted octanol–water partition coefficient (Wildman–Crippen LogP) is 3.42. The van der Waals surface area contributed by atoms with Crippen molar-refractivity contribution in [1.82, 2.24) is 20.2 Å². The lowest BCUT2D eigenvalue weighted by molar-refractivity contribution is -0.117. The lowest BCUT2D eigenvalue weighted by Gasteiger charge is -2.21. The van der Waals surface area contributed by atoms with Gasteiger partial charge in [-0.2, -0.15) is 0 Å². The van der Waals surface area contributed by atoms with Gasteiger partial charge in [0.1, 0.15) is 11.2 Å². The first-order valence-electron chi connectivity index (χ1n) is 11.8. The quantitative estimate of drug-likeness (QED) is 0.567. The number of carbonyl (C=O) groups is 1. The maximum atomic E-state index is 12.3. The van der Waals surface area contributed by atoms with Gasteiger partial charge >= 0.3 is 0 Å². The maximum Gasteiger partial charge on any atom is 0.228 e. The number of hydrogen-bond acceptors (Lipinski definition) is 7. The summed E-state index contributed by atoms with van der Waals surface area (Å²) < 4.78 is 5.45. The molecule has 0 radical (unpaired) electrons. The molecule has 5 rings (SSSR count). The Hall–Kier alpha value is -3.57. The van der Waals surface area contributed by atoms with Crippen LogP contribution in [0.2, 0.25) is 0 Å². The molecule has 3 aromatic rings. The molecular weight excluding hydrogens is 428 g/mol. The number of ether oxygens (including phenoxy) is 1. The fourth-order valence-electron chi connectivity index (χ4n) is 4.32. The van der Waals surface area contributed by atoms with Crippen molar-refractivity contribution in [3.63, 3.8) is 0 Å². The largest absolute Gasteiger partial charge is 0.381 e. The Balaban J connectivity index is 1.37. The number of fused-ring (bicyclic) bond motifs is 1. The molecule has 0 aromatic carbocycles. The van der Waals surface area contributed by atoms with Gasteiger partial charge in [-0.05, 0) is 61.1 Å². The van der Waals surface area contributed by atoms with Crippen LogP contribution in [0.5, 0.6) is 0 Å². The second kappa shape index (κ2) is 9.74. The van der Waals surface area contributed by atoms with Crippen LogP contribution in [0.15, 0.2) is 30.6 Å². The van der Waals surface area contributed by atoms with Gasteiger partial charge in [-0.15, -0.1) is 10.2 Å². The minimum Gasteiger partial charge on any atom is -0.381 e. The molecule has 0 bridgehead atoms. The topological polar surface area (TPSA) is 102 Å². The van der Waals surface area contributed by atoms with Gasteiger partial charge in [0, 0.05) is 44.0 Å². The van der Waals surface area contributed by atoms with Gasteiger partial charge in [0.25, 0.3) is 0 Å². The van der Waals surface area contributed by atoms with Crippen LogP contribution in [0.4, 0.5) is 11.6 Å². The van der Waals surface area contributed by atoms with Crippen LogP contribution in [-0.2, 0) is 16.0 Å². The zero-order chi connectivity index (χ0) is 23.5. The molecular formula is C26H28N6O2.